The molecule has 0 N–H and O–H groups in total. The van der Waals surface area contributed by atoms with Crippen molar-refractivity contribution >= 4 is 33.2 Å². The first-order valence-electron chi connectivity index (χ1n) is 9.51. The van der Waals surface area contributed by atoms with Crippen LogP contribution in [0, 0.1) is 0 Å². The predicted octanol–water partition coefficient (Wildman–Crippen LogP) is 2.01. The van der Waals surface area contributed by atoms with Crippen molar-refractivity contribution in [1.29, 1.82) is 0 Å². The molecule has 0 bridgehead atoms. The highest BCUT2D eigenvalue weighted by Gasteiger charge is 2.39. The van der Waals surface area contributed by atoms with Crippen LogP contribution in [0.4, 0.5) is 0 Å². The molecule has 150 valence electrons. The quantitative estimate of drug-likeness (QED) is 0.715. The van der Waals surface area contributed by atoms with E-state index in [1.54, 1.807) is 22.2 Å². The van der Waals surface area contributed by atoms with Crippen molar-refractivity contribution in [2.75, 3.05) is 33.2 Å². The number of likely N-dealkylation sites (N-methyl/N-ethyl adjacent to an activating group) is 1. The third kappa shape index (κ3) is 3.90. The molecule has 1 aromatic rings. The average Bonchev–Trinajstić information content (AvgIpc) is 3.34. The zero-order valence-corrected chi connectivity index (χ0v) is 17.5. The lowest BCUT2D eigenvalue weighted by molar-refractivity contribution is -0.138. The van der Waals surface area contributed by atoms with E-state index in [1.807, 2.05) is 6.92 Å². The monoisotopic (exact) mass is 413 g/mol. The maximum absolute atomic E-state index is 13.3. The average molecular weight is 414 g/mol. The van der Waals surface area contributed by atoms with Crippen LogP contribution in [0.15, 0.2) is 16.3 Å². The van der Waals surface area contributed by atoms with Crippen LogP contribution < -0.4 is 0 Å². The van der Waals surface area contributed by atoms with Crippen molar-refractivity contribution < 1.29 is 18.0 Å². The second kappa shape index (κ2) is 8.28. The van der Waals surface area contributed by atoms with E-state index in [4.69, 9.17) is 0 Å². The first-order valence-corrected chi connectivity index (χ1v) is 11.8. The van der Waals surface area contributed by atoms with Crippen molar-refractivity contribution in [3.05, 3.63) is 16.3 Å². The number of amides is 2. The fourth-order valence-electron chi connectivity index (χ4n) is 3.69. The van der Waals surface area contributed by atoms with Gasteiger partial charge in [0, 0.05) is 33.2 Å². The number of unbranched alkanes of at least 4 members (excludes halogenated alkanes) is 1. The van der Waals surface area contributed by atoms with Gasteiger partial charge >= 0.3 is 0 Å². The molecule has 1 aromatic heterocycles. The molecule has 2 amide bonds. The molecule has 7 nitrogen and oxygen atoms in total. The lowest BCUT2D eigenvalue weighted by Crippen LogP contribution is -2.57. The number of hydrogen-bond acceptors (Lipinski definition) is 5. The molecule has 0 saturated carbocycles. The van der Waals surface area contributed by atoms with Gasteiger partial charge in [0.05, 0.1) is 0 Å². The highest BCUT2D eigenvalue weighted by atomic mass is 32.2. The molecule has 2 aliphatic heterocycles. The molecular formula is C18H27N3O4S2. The van der Waals surface area contributed by atoms with Gasteiger partial charge < -0.3 is 9.80 Å². The van der Waals surface area contributed by atoms with Gasteiger partial charge in [-0.2, -0.15) is 4.31 Å². The third-order valence-electron chi connectivity index (χ3n) is 5.31. The fraction of sp³-hybridized carbons (Fsp3) is 0.667. The molecular weight excluding hydrogens is 386 g/mol. The zero-order valence-electron chi connectivity index (χ0n) is 15.9. The maximum Gasteiger partial charge on any atom is 0.266 e. The Balaban J connectivity index is 1.89. The van der Waals surface area contributed by atoms with Crippen LogP contribution in [0.3, 0.4) is 0 Å². The summed E-state index contributed by atoms with van der Waals surface area (Å²) in [4.78, 5) is 29.4. The molecule has 0 aromatic carbocycles. The van der Waals surface area contributed by atoms with Gasteiger partial charge in [-0.3, -0.25) is 9.59 Å². The van der Waals surface area contributed by atoms with Gasteiger partial charge in [-0.1, -0.05) is 19.8 Å². The predicted molar refractivity (Wildman–Crippen MR) is 104 cm³/mol. The first-order chi connectivity index (χ1) is 12.9. The summed E-state index contributed by atoms with van der Waals surface area (Å²) in [7, 11) is -1.92. The van der Waals surface area contributed by atoms with Crippen LogP contribution in [0.2, 0.25) is 0 Å². The molecule has 2 fully saturated rings. The maximum atomic E-state index is 13.3. The number of carbonyl (C=O) groups excluding carboxylic acids is 2. The van der Waals surface area contributed by atoms with E-state index in [0.717, 1.165) is 37.0 Å². The Kier molecular flexibility index (Phi) is 6.22. The SMILES string of the molecule is CCCCC1C(=O)N(C)CCN1C(=O)c1sccc1S(=O)(=O)N1CCCC1. The van der Waals surface area contributed by atoms with Crippen LogP contribution in [0.1, 0.15) is 48.7 Å². The summed E-state index contributed by atoms with van der Waals surface area (Å²) in [5.74, 6) is -0.408. The largest absolute Gasteiger partial charge is 0.342 e. The van der Waals surface area contributed by atoms with Crippen LogP contribution in [-0.2, 0) is 14.8 Å². The van der Waals surface area contributed by atoms with E-state index in [0.29, 0.717) is 32.6 Å². The minimum absolute atomic E-state index is 0.0662. The summed E-state index contributed by atoms with van der Waals surface area (Å²) in [6, 6.07) is 1.01. The highest BCUT2D eigenvalue weighted by molar-refractivity contribution is 7.89. The molecule has 27 heavy (non-hydrogen) atoms. The topological polar surface area (TPSA) is 78.0 Å². The van der Waals surface area contributed by atoms with Crippen molar-refractivity contribution in [3.63, 3.8) is 0 Å². The summed E-state index contributed by atoms with van der Waals surface area (Å²) >= 11 is 1.14. The molecule has 0 radical (unpaired) electrons. The summed E-state index contributed by atoms with van der Waals surface area (Å²) < 4.78 is 27.4. The molecule has 9 heteroatoms. The van der Waals surface area contributed by atoms with Crippen molar-refractivity contribution in [1.82, 2.24) is 14.1 Å². The molecule has 2 saturated heterocycles. The number of thiophene rings is 1. The van der Waals surface area contributed by atoms with E-state index in [9.17, 15) is 18.0 Å². The van der Waals surface area contributed by atoms with E-state index in [1.165, 1.54) is 10.4 Å². The van der Waals surface area contributed by atoms with Gasteiger partial charge in [0.25, 0.3) is 5.91 Å². The van der Waals surface area contributed by atoms with Gasteiger partial charge in [-0.05, 0) is 30.7 Å². The summed E-state index contributed by atoms with van der Waals surface area (Å²) in [6.45, 7) is 3.93. The van der Waals surface area contributed by atoms with Gasteiger partial charge in [0.2, 0.25) is 15.9 Å². The number of nitrogens with zero attached hydrogens (tertiary/aromatic N) is 3. The van der Waals surface area contributed by atoms with Gasteiger partial charge in [0.1, 0.15) is 15.8 Å². The van der Waals surface area contributed by atoms with Gasteiger partial charge in [0.15, 0.2) is 0 Å². The Morgan fingerprint density at radius 3 is 2.59 bits per heavy atom. The summed E-state index contributed by atoms with van der Waals surface area (Å²) in [5.41, 5.74) is 0. The molecule has 3 rings (SSSR count). The Hall–Kier alpha value is -1.45. The van der Waals surface area contributed by atoms with Crippen LogP contribution in [0.5, 0.6) is 0 Å². The Morgan fingerprint density at radius 1 is 1.22 bits per heavy atom. The van der Waals surface area contributed by atoms with E-state index in [2.05, 4.69) is 0 Å². The number of rotatable bonds is 6. The summed E-state index contributed by atoms with van der Waals surface area (Å²) in [6.07, 6.45) is 4.07. The number of hydrogen-bond donors (Lipinski definition) is 0. The van der Waals surface area contributed by atoms with Crippen LogP contribution in [-0.4, -0.2) is 73.6 Å². The first kappa shape index (κ1) is 20.3. The lowest BCUT2D eigenvalue weighted by Gasteiger charge is -2.39. The van der Waals surface area contributed by atoms with E-state index >= 15 is 0 Å². The lowest BCUT2D eigenvalue weighted by atomic mass is 10.0. The fourth-order valence-corrected chi connectivity index (χ4v) is 6.55. The molecule has 3 heterocycles. The van der Waals surface area contributed by atoms with E-state index < -0.39 is 16.1 Å². The second-order valence-electron chi connectivity index (χ2n) is 7.14. The second-order valence-corrected chi connectivity index (χ2v) is 9.96. The Bertz CT molecular complexity index is 799. The third-order valence-corrected chi connectivity index (χ3v) is 8.28. The van der Waals surface area contributed by atoms with Gasteiger partial charge in [-0.25, -0.2) is 8.42 Å². The standard InChI is InChI=1S/C18H27N3O4S2/c1-3-4-7-14-17(22)19(2)11-12-21(14)18(23)16-15(8-13-26-16)27(24,25)20-9-5-6-10-20/h8,13-14H,3-7,9-12H2,1-2H3. The normalized spacial score (nSPS) is 21.9. The highest BCUT2D eigenvalue weighted by Crippen LogP contribution is 2.30. The van der Waals surface area contributed by atoms with E-state index in [-0.39, 0.29) is 21.6 Å². The number of piperazine rings is 1. The smallest absolute Gasteiger partial charge is 0.266 e. The zero-order chi connectivity index (χ0) is 19.6. The minimum atomic E-state index is -3.67. The Morgan fingerprint density at radius 2 is 1.93 bits per heavy atom. The summed E-state index contributed by atoms with van der Waals surface area (Å²) in [5, 5.41) is 1.65. The van der Waals surface area contributed by atoms with Crippen molar-refractivity contribution in [2.45, 2.75) is 50.0 Å². The number of sulfonamides is 1. The molecule has 0 aliphatic carbocycles. The van der Waals surface area contributed by atoms with Crippen LogP contribution >= 0.6 is 11.3 Å². The van der Waals surface area contributed by atoms with Crippen LogP contribution in [0.25, 0.3) is 0 Å². The van der Waals surface area contributed by atoms with Crippen molar-refractivity contribution in [3.8, 4) is 0 Å². The van der Waals surface area contributed by atoms with Gasteiger partial charge in [-0.15, -0.1) is 11.3 Å². The molecule has 2 aliphatic rings. The molecule has 0 spiro atoms. The molecule has 1 unspecified atom stereocenters. The Labute approximate surface area is 165 Å². The minimum Gasteiger partial charge on any atom is -0.342 e. The molecule has 1 atom stereocenters. The number of carbonyl (C=O) groups is 2. The van der Waals surface area contributed by atoms with Crippen molar-refractivity contribution in [2.24, 2.45) is 0 Å².